The first-order valence-corrected chi connectivity index (χ1v) is 13.3. The van der Waals surface area contributed by atoms with E-state index >= 15 is 0 Å². The van der Waals surface area contributed by atoms with Gasteiger partial charge in [-0.05, 0) is 67.6 Å². The third-order valence-electron chi connectivity index (χ3n) is 9.64. The number of allylic oxidation sites excluding steroid dienone is 1. The highest BCUT2D eigenvalue weighted by molar-refractivity contribution is 5.18. The highest BCUT2D eigenvalue weighted by Crippen LogP contribution is 2.62. The summed E-state index contributed by atoms with van der Waals surface area (Å²) in [5.74, 6) is 1.25. The van der Waals surface area contributed by atoms with E-state index in [9.17, 15) is 30.6 Å². The zero-order chi connectivity index (χ0) is 26.1. The van der Waals surface area contributed by atoms with E-state index < -0.39 is 48.8 Å². The van der Waals surface area contributed by atoms with Crippen LogP contribution in [0.15, 0.2) is 12.2 Å². The molecule has 0 spiro atoms. The van der Waals surface area contributed by atoms with E-state index in [0.29, 0.717) is 30.8 Å². The topological polar surface area (TPSA) is 140 Å². The fourth-order valence-electron chi connectivity index (χ4n) is 7.67. The summed E-state index contributed by atoms with van der Waals surface area (Å²) in [5.41, 5.74) is 0.770. The second-order valence-electron chi connectivity index (χ2n) is 12.1. The van der Waals surface area contributed by atoms with E-state index in [-0.39, 0.29) is 17.9 Å². The lowest BCUT2D eigenvalue weighted by Gasteiger charge is -2.61. The SMILES string of the molecule is C=C1CCC2[C@@](C)(CO)[C@H](O)CC[C@@]2(C)[C@@H]1[C@@H](C)CC(C)CCOC1OC(CO)C(O)C(O)C1O. The van der Waals surface area contributed by atoms with Crippen LogP contribution >= 0.6 is 0 Å². The Morgan fingerprint density at radius 2 is 1.74 bits per heavy atom. The summed E-state index contributed by atoms with van der Waals surface area (Å²) < 4.78 is 11.1. The molecule has 3 aliphatic rings. The molecule has 2 aliphatic carbocycles. The van der Waals surface area contributed by atoms with Crippen molar-refractivity contribution in [2.75, 3.05) is 19.8 Å². The van der Waals surface area contributed by atoms with Gasteiger partial charge in [-0.3, -0.25) is 0 Å². The summed E-state index contributed by atoms with van der Waals surface area (Å²) in [6.07, 6.45) is -1.57. The number of aliphatic hydroxyl groups excluding tert-OH is 6. The number of hydrogen-bond acceptors (Lipinski definition) is 8. The molecule has 8 nitrogen and oxygen atoms in total. The zero-order valence-electron chi connectivity index (χ0n) is 21.8. The van der Waals surface area contributed by atoms with Gasteiger partial charge in [-0.15, -0.1) is 0 Å². The molecular weight excluding hydrogens is 452 g/mol. The second kappa shape index (κ2) is 11.4. The Morgan fingerprint density at radius 3 is 2.37 bits per heavy atom. The molecule has 0 bridgehead atoms. The summed E-state index contributed by atoms with van der Waals surface area (Å²) in [6.45, 7) is 13.1. The van der Waals surface area contributed by atoms with Crippen molar-refractivity contribution in [2.45, 2.75) is 103 Å². The molecular formula is C27H48O8. The zero-order valence-corrected chi connectivity index (χ0v) is 21.8. The van der Waals surface area contributed by atoms with Crippen LogP contribution in [0.3, 0.4) is 0 Å². The van der Waals surface area contributed by atoms with Gasteiger partial charge < -0.3 is 40.1 Å². The van der Waals surface area contributed by atoms with Crippen LogP contribution in [0.1, 0.15) is 66.2 Å². The molecule has 1 aliphatic heterocycles. The van der Waals surface area contributed by atoms with Crippen LogP contribution in [-0.2, 0) is 9.47 Å². The summed E-state index contributed by atoms with van der Waals surface area (Å²) >= 11 is 0. The molecule has 12 atom stereocenters. The molecule has 3 rings (SSSR count). The average Bonchev–Trinajstić information content (AvgIpc) is 2.81. The number of fused-ring (bicyclic) bond motifs is 1. The molecule has 6 N–H and O–H groups in total. The third kappa shape index (κ3) is 5.50. The van der Waals surface area contributed by atoms with Crippen molar-refractivity contribution < 1.29 is 40.1 Å². The van der Waals surface area contributed by atoms with Gasteiger partial charge in [-0.2, -0.15) is 0 Å². The minimum atomic E-state index is -1.44. The van der Waals surface area contributed by atoms with E-state index in [1.165, 1.54) is 5.57 Å². The number of hydrogen-bond donors (Lipinski definition) is 6. The van der Waals surface area contributed by atoms with E-state index in [0.717, 1.165) is 32.1 Å². The van der Waals surface area contributed by atoms with Gasteiger partial charge in [0, 0.05) is 5.41 Å². The molecule has 0 aromatic rings. The lowest BCUT2D eigenvalue weighted by atomic mass is 9.45. The maximum atomic E-state index is 10.7. The van der Waals surface area contributed by atoms with E-state index in [1.807, 2.05) is 6.92 Å². The quantitative estimate of drug-likeness (QED) is 0.262. The predicted molar refractivity (Wildman–Crippen MR) is 131 cm³/mol. The molecule has 3 fully saturated rings. The Bertz CT molecular complexity index is 715. The maximum Gasteiger partial charge on any atom is 0.186 e. The molecule has 35 heavy (non-hydrogen) atoms. The van der Waals surface area contributed by atoms with Crippen molar-refractivity contribution in [3.8, 4) is 0 Å². The van der Waals surface area contributed by atoms with Gasteiger partial charge in [0.2, 0.25) is 0 Å². The Labute approximate surface area is 210 Å². The van der Waals surface area contributed by atoms with Crippen LogP contribution in [0.2, 0.25) is 0 Å². The Morgan fingerprint density at radius 1 is 1.06 bits per heavy atom. The maximum absolute atomic E-state index is 10.7. The van der Waals surface area contributed by atoms with E-state index in [4.69, 9.17) is 9.47 Å². The molecule has 8 heteroatoms. The lowest BCUT2D eigenvalue weighted by Crippen LogP contribution is -2.59. The van der Waals surface area contributed by atoms with Gasteiger partial charge in [0.1, 0.15) is 24.4 Å². The standard InChI is InChI=1S/C27H48O8/c1-15(9-11-34-25-24(33)23(32)22(31)18(13-28)35-25)12-17(3)21-16(2)6-7-19-26(21,4)10-8-20(30)27(19,5)14-29/h15,17-25,28-33H,2,6-14H2,1,3-5H3/t15?,17-,18?,19?,20+,21-,22?,23?,24?,25?,26+,27+/m0/s1. The fourth-order valence-corrected chi connectivity index (χ4v) is 7.67. The average molecular weight is 501 g/mol. The van der Waals surface area contributed by atoms with E-state index in [1.54, 1.807) is 0 Å². The van der Waals surface area contributed by atoms with Gasteiger partial charge in [-0.1, -0.05) is 39.8 Å². The van der Waals surface area contributed by atoms with Gasteiger partial charge in [0.05, 0.1) is 25.9 Å². The highest BCUT2D eigenvalue weighted by Gasteiger charge is 2.58. The molecule has 0 amide bonds. The smallest absolute Gasteiger partial charge is 0.186 e. The van der Waals surface area contributed by atoms with Crippen LogP contribution in [0, 0.1) is 34.5 Å². The van der Waals surface area contributed by atoms with Crippen molar-refractivity contribution in [3.05, 3.63) is 12.2 Å². The van der Waals surface area contributed by atoms with Crippen LogP contribution in [-0.4, -0.2) is 87.3 Å². The number of aliphatic hydroxyl groups is 6. The Hall–Kier alpha value is -0.580. The van der Waals surface area contributed by atoms with Crippen molar-refractivity contribution in [1.82, 2.24) is 0 Å². The first-order chi connectivity index (χ1) is 16.4. The summed E-state index contributed by atoms with van der Waals surface area (Å²) in [5, 5.41) is 60.3. The molecule has 0 radical (unpaired) electrons. The van der Waals surface area contributed by atoms with Gasteiger partial charge >= 0.3 is 0 Å². The second-order valence-corrected chi connectivity index (χ2v) is 12.1. The molecule has 7 unspecified atom stereocenters. The largest absolute Gasteiger partial charge is 0.396 e. The minimum Gasteiger partial charge on any atom is -0.396 e. The first kappa shape index (κ1) is 29.0. The third-order valence-corrected chi connectivity index (χ3v) is 9.64. The summed E-state index contributed by atoms with van der Waals surface area (Å²) in [4.78, 5) is 0. The van der Waals surface area contributed by atoms with Gasteiger partial charge in [-0.25, -0.2) is 0 Å². The first-order valence-electron chi connectivity index (χ1n) is 13.3. The normalized spacial score (nSPS) is 46.2. The van der Waals surface area contributed by atoms with Crippen molar-refractivity contribution >= 4 is 0 Å². The fraction of sp³-hybridized carbons (Fsp3) is 0.926. The van der Waals surface area contributed by atoms with Crippen molar-refractivity contribution in [2.24, 2.45) is 34.5 Å². The van der Waals surface area contributed by atoms with Gasteiger partial charge in [0.25, 0.3) is 0 Å². The van der Waals surface area contributed by atoms with E-state index in [2.05, 4.69) is 27.4 Å². The monoisotopic (exact) mass is 500 g/mol. The summed E-state index contributed by atoms with van der Waals surface area (Å²) in [6, 6.07) is 0. The van der Waals surface area contributed by atoms with Gasteiger partial charge in [0.15, 0.2) is 6.29 Å². The van der Waals surface area contributed by atoms with Crippen LogP contribution < -0.4 is 0 Å². The molecule has 0 aromatic carbocycles. The van der Waals surface area contributed by atoms with Crippen LogP contribution in [0.4, 0.5) is 0 Å². The number of ether oxygens (including phenoxy) is 2. The molecule has 1 heterocycles. The lowest BCUT2D eigenvalue weighted by molar-refractivity contribution is -0.301. The molecule has 1 saturated heterocycles. The molecule has 2 saturated carbocycles. The van der Waals surface area contributed by atoms with Crippen LogP contribution in [0.5, 0.6) is 0 Å². The van der Waals surface area contributed by atoms with Crippen molar-refractivity contribution in [1.29, 1.82) is 0 Å². The Balaban J connectivity index is 1.58. The van der Waals surface area contributed by atoms with Crippen LogP contribution in [0.25, 0.3) is 0 Å². The molecule has 204 valence electrons. The minimum absolute atomic E-state index is 0.00626. The molecule has 0 aromatic heterocycles. The summed E-state index contributed by atoms with van der Waals surface area (Å²) in [7, 11) is 0. The predicted octanol–water partition coefficient (Wildman–Crippen LogP) is 1.60. The van der Waals surface area contributed by atoms with Crippen molar-refractivity contribution in [3.63, 3.8) is 0 Å². The highest BCUT2D eigenvalue weighted by atomic mass is 16.7. The Kier molecular flexibility index (Phi) is 9.47. The number of rotatable bonds is 9.